The Morgan fingerprint density at radius 1 is 1.50 bits per heavy atom. The smallest absolute Gasteiger partial charge is 0.139 e. The first-order valence-electron chi connectivity index (χ1n) is 2.72. The van der Waals surface area contributed by atoms with Crippen molar-refractivity contribution >= 4 is 11.3 Å². The largest absolute Gasteiger partial charge is 0.251 e. The van der Waals surface area contributed by atoms with Gasteiger partial charge in [0, 0.05) is 0 Å². The zero-order valence-corrected chi connectivity index (χ0v) is 5.82. The third-order valence-corrected chi connectivity index (χ3v) is 1.83. The van der Waals surface area contributed by atoms with Crippen molar-refractivity contribution in [3.63, 3.8) is 0 Å². The summed E-state index contributed by atoms with van der Waals surface area (Å²) in [6.07, 6.45) is 5.17. The molecular weight excluding hydrogens is 148 g/mol. The lowest BCUT2D eigenvalue weighted by Gasteiger charge is -1.88. The summed E-state index contributed by atoms with van der Waals surface area (Å²) >= 11 is 1.53. The van der Waals surface area contributed by atoms with Gasteiger partial charge in [0.05, 0.1) is 24.1 Å². The van der Waals surface area contributed by atoms with Gasteiger partial charge >= 0.3 is 0 Å². The van der Waals surface area contributed by atoms with Gasteiger partial charge in [0.1, 0.15) is 5.00 Å². The van der Waals surface area contributed by atoms with Crippen molar-refractivity contribution < 1.29 is 0 Å². The van der Waals surface area contributed by atoms with E-state index in [9.17, 15) is 0 Å². The predicted octanol–water partition coefficient (Wildman–Crippen LogP) is 0.724. The van der Waals surface area contributed by atoms with Crippen molar-refractivity contribution in [2.24, 2.45) is 0 Å². The molecule has 0 N–H and O–H groups in total. The Hall–Kier alpha value is -1.23. The van der Waals surface area contributed by atoms with E-state index in [1.807, 2.05) is 0 Å². The van der Waals surface area contributed by atoms with Crippen LogP contribution in [0, 0.1) is 0 Å². The van der Waals surface area contributed by atoms with E-state index in [0.717, 1.165) is 5.00 Å². The Morgan fingerprint density at radius 2 is 2.50 bits per heavy atom. The van der Waals surface area contributed by atoms with Gasteiger partial charge in [-0.25, -0.2) is 4.68 Å². The molecule has 5 heteroatoms. The first kappa shape index (κ1) is 5.55. The van der Waals surface area contributed by atoms with E-state index in [1.54, 1.807) is 28.8 Å². The van der Waals surface area contributed by atoms with Crippen LogP contribution < -0.4 is 0 Å². The zero-order chi connectivity index (χ0) is 6.81. The van der Waals surface area contributed by atoms with Gasteiger partial charge in [-0.1, -0.05) is 5.21 Å². The quantitative estimate of drug-likeness (QED) is 0.604. The van der Waals surface area contributed by atoms with Crippen LogP contribution in [0.5, 0.6) is 0 Å². The summed E-state index contributed by atoms with van der Waals surface area (Å²) in [5, 5.41) is 8.45. The molecule has 2 rings (SSSR count). The second kappa shape index (κ2) is 2.18. The average Bonchev–Trinajstić information content (AvgIpc) is 2.59. The molecule has 0 saturated heterocycles. The molecule has 50 valence electrons. The average molecular weight is 152 g/mol. The molecule has 2 aromatic heterocycles. The number of aromatic nitrogens is 4. The maximum absolute atomic E-state index is 3.91. The molecule has 0 spiro atoms. The molecule has 0 aliphatic heterocycles. The highest BCUT2D eigenvalue weighted by Gasteiger charge is 1.95. The van der Waals surface area contributed by atoms with Gasteiger partial charge in [0.15, 0.2) is 0 Å². The summed E-state index contributed by atoms with van der Waals surface area (Å²) in [6.45, 7) is 0. The molecule has 0 atom stereocenters. The van der Waals surface area contributed by atoms with Crippen LogP contribution in [0.2, 0.25) is 0 Å². The molecule has 0 fully saturated rings. The predicted molar refractivity (Wildman–Crippen MR) is 37.0 cm³/mol. The fraction of sp³-hybridized carbons (Fsp3) is 0. The molecule has 0 aliphatic rings. The summed E-state index contributed by atoms with van der Waals surface area (Å²) in [6, 6.07) is 0. The highest BCUT2D eigenvalue weighted by molar-refractivity contribution is 7.12. The Kier molecular flexibility index (Phi) is 1.21. The van der Waals surface area contributed by atoms with Gasteiger partial charge < -0.3 is 0 Å². The second-order valence-corrected chi connectivity index (χ2v) is 2.55. The lowest BCUT2D eigenvalue weighted by atomic mass is 10.8. The van der Waals surface area contributed by atoms with E-state index in [-0.39, 0.29) is 0 Å². The van der Waals surface area contributed by atoms with Gasteiger partial charge in [-0.3, -0.25) is 4.98 Å². The van der Waals surface area contributed by atoms with Crippen molar-refractivity contribution in [1.82, 2.24) is 20.0 Å². The lowest BCUT2D eigenvalue weighted by molar-refractivity contribution is 0.813. The van der Waals surface area contributed by atoms with E-state index < -0.39 is 0 Å². The minimum Gasteiger partial charge on any atom is -0.251 e. The summed E-state index contributed by atoms with van der Waals surface area (Å²) in [5.74, 6) is 0. The molecular formula is C5H4N4S. The molecule has 0 unspecified atom stereocenters. The van der Waals surface area contributed by atoms with Crippen molar-refractivity contribution in [3.8, 4) is 5.00 Å². The lowest BCUT2D eigenvalue weighted by Crippen LogP contribution is -1.90. The number of nitrogens with zero attached hydrogens (tertiary/aromatic N) is 4. The molecule has 2 aromatic rings. The fourth-order valence-corrected chi connectivity index (χ4v) is 1.20. The summed E-state index contributed by atoms with van der Waals surface area (Å²) < 4.78 is 1.68. The van der Waals surface area contributed by atoms with E-state index >= 15 is 0 Å². The highest BCUT2D eigenvalue weighted by Crippen LogP contribution is 2.08. The van der Waals surface area contributed by atoms with E-state index in [0.29, 0.717) is 0 Å². The molecule has 4 nitrogen and oxygen atoms in total. The number of hydrogen-bond donors (Lipinski definition) is 0. The number of hydrogen-bond acceptors (Lipinski definition) is 4. The Bertz CT molecular complexity index is 253. The van der Waals surface area contributed by atoms with Crippen molar-refractivity contribution in [3.05, 3.63) is 24.1 Å². The topological polar surface area (TPSA) is 43.6 Å². The second-order valence-electron chi connectivity index (χ2n) is 1.69. The van der Waals surface area contributed by atoms with Crippen LogP contribution in [0.3, 0.4) is 0 Å². The van der Waals surface area contributed by atoms with E-state index in [1.165, 1.54) is 11.3 Å². The van der Waals surface area contributed by atoms with Crippen LogP contribution in [0.25, 0.3) is 5.00 Å². The molecule has 0 bridgehead atoms. The molecule has 0 aromatic carbocycles. The first-order chi connectivity index (χ1) is 4.97. The minimum absolute atomic E-state index is 0.984. The third kappa shape index (κ3) is 0.801. The monoisotopic (exact) mass is 152 g/mol. The molecule has 10 heavy (non-hydrogen) atoms. The Labute approximate surface area is 61.1 Å². The first-order valence-corrected chi connectivity index (χ1v) is 3.60. The molecule has 0 amide bonds. The van der Waals surface area contributed by atoms with Crippen LogP contribution in [-0.2, 0) is 0 Å². The van der Waals surface area contributed by atoms with Crippen LogP contribution in [0.1, 0.15) is 0 Å². The van der Waals surface area contributed by atoms with E-state index in [4.69, 9.17) is 0 Å². The summed E-state index contributed by atoms with van der Waals surface area (Å²) in [5.41, 5.74) is 1.76. The Morgan fingerprint density at radius 3 is 3.10 bits per heavy atom. The van der Waals surface area contributed by atoms with Crippen LogP contribution >= 0.6 is 11.3 Å². The van der Waals surface area contributed by atoms with E-state index in [2.05, 4.69) is 15.3 Å². The summed E-state index contributed by atoms with van der Waals surface area (Å²) in [7, 11) is 0. The van der Waals surface area contributed by atoms with Gasteiger partial charge in [0.2, 0.25) is 0 Å². The third-order valence-electron chi connectivity index (χ3n) is 1.07. The molecule has 0 radical (unpaired) electrons. The molecule has 2 heterocycles. The number of thiazole rings is 1. The van der Waals surface area contributed by atoms with Crippen molar-refractivity contribution in [1.29, 1.82) is 0 Å². The van der Waals surface area contributed by atoms with Crippen molar-refractivity contribution in [2.45, 2.75) is 0 Å². The van der Waals surface area contributed by atoms with Crippen molar-refractivity contribution in [2.75, 3.05) is 0 Å². The maximum atomic E-state index is 3.91. The van der Waals surface area contributed by atoms with Crippen LogP contribution in [-0.4, -0.2) is 20.0 Å². The van der Waals surface area contributed by atoms with Gasteiger partial charge in [0.25, 0.3) is 0 Å². The molecule has 0 aliphatic carbocycles. The fourth-order valence-electron chi connectivity index (χ4n) is 0.648. The number of rotatable bonds is 1. The summed E-state index contributed by atoms with van der Waals surface area (Å²) in [4.78, 5) is 3.91. The standard InChI is InChI=1S/C5H4N4S/c1-2-9(8-7-1)5-3-6-4-10-5/h1-4H. The zero-order valence-electron chi connectivity index (χ0n) is 5.01. The highest BCUT2D eigenvalue weighted by atomic mass is 32.1. The van der Waals surface area contributed by atoms with Gasteiger partial charge in [-0.2, -0.15) is 0 Å². The van der Waals surface area contributed by atoms with Gasteiger partial charge in [-0.15, -0.1) is 16.4 Å². The maximum Gasteiger partial charge on any atom is 0.139 e. The minimum atomic E-state index is 0.984. The normalized spacial score (nSPS) is 10.0. The van der Waals surface area contributed by atoms with Gasteiger partial charge in [-0.05, 0) is 0 Å². The van der Waals surface area contributed by atoms with Crippen LogP contribution in [0.15, 0.2) is 24.1 Å². The SMILES string of the molecule is c1cn(-c2cncs2)nn1. The molecule has 0 saturated carbocycles. The van der Waals surface area contributed by atoms with Crippen LogP contribution in [0.4, 0.5) is 0 Å². The Balaban J connectivity index is 2.48.